The van der Waals surface area contributed by atoms with Crippen LogP contribution in [0.2, 0.25) is 0 Å². The Kier molecular flexibility index (Phi) is 4.18. The fourth-order valence-corrected chi connectivity index (χ4v) is 2.67. The second-order valence-electron chi connectivity index (χ2n) is 4.18. The van der Waals surface area contributed by atoms with Crippen molar-refractivity contribution in [2.45, 2.75) is 38.4 Å². The molecule has 3 heteroatoms. The summed E-state index contributed by atoms with van der Waals surface area (Å²) in [5.41, 5.74) is 0. The number of ether oxygens (including phenoxy) is 1. The van der Waals surface area contributed by atoms with E-state index in [1.807, 2.05) is 11.3 Å². The Bertz CT molecular complexity index is 273. The summed E-state index contributed by atoms with van der Waals surface area (Å²) in [6.07, 6.45) is 4.49. The molecule has 84 valence electrons. The minimum absolute atomic E-state index is 0.448. The van der Waals surface area contributed by atoms with E-state index in [0.717, 1.165) is 19.5 Å². The Morgan fingerprint density at radius 1 is 1.53 bits per heavy atom. The van der Waals surface area contributed by atoms with E-state index < -0.39 is 0 Å². The number of nitrogens with one attached hydrogen (secondary N) is 1. The van der Waals surface area contributed by atoms with Gasteiger partial charge in [0, 0.05) is 18.0 Å². The summed E-state index contributed by atoms with van der Waals surface area (Å²) < 4.78 is 5.74. The van der Waals surface area contributed by atoms with E-state index in [1.165, 1.54) is 17.7 Å². The summed E-state index contributed by atoms with van der Waals surface area (Å²) >= 11 is 1.83. The van der Waals surface area contributed by atoms with E-state index >= 15 is 0 Å². The highest BCUT2D eigenvalue weighted by molar-refractivity contribution is 7.09. The zero-order chi connectivity index (χ0) is 10.5. The quantitative estimate of drug-likeness (QED) is 0.777. The maximum Gasteiger partial charge on any atom is 0.0704 e. The molecule has 0 spiro atoms. The lowest BCUT2D eigenvalue weighted by molar-refractivity contribution is 0.0562. The number of thiophene rings is 1. The van der Waals surface area contributed by atoms with Gasteiger partial charge in [0.25, 0.3) is 0 Å². The Labute approximate surface area is 95.6 Å². The maximum absolute atomic E-state index is 5.74. The molecule has 2 atom stereocenters. The van der Waals surface area contributed by atoms with Gasteiger partial charge in [-0.2, -0.15) is 0 Å². The highest BCUT2D eigenvalue weighted by atomic mass is 32.1. The van der Waals surface area contributed by atoms with Gasteiger partial charge in [0.1, 0.15) is 0 Å². The SMILES string of the molecule is CC1CCC(CNCCc2cccs2)O1. The van der Waals surface area contributed by atoms with Crippen molar-refractivity contribution in [3.05, 3.63) is 22.4 Å². The normalized spacial score (nSPS) is 25.9. The summed E-state index contributed by atoms with van der Waals surface area (Å²) in [6, 6.07) is 4.31. The molecule has 2 heterocycles. The minimum Gasteiger partial charge on any atom is -0.374 e. The second-order valence-corrected chi connectivity index (χ2v) is 5.21. The van der Waals surface area contributed by atoms with Crippen LogP contribution in [0.4, 0.5) is 0 Å². The smallest absolute Gasteiger partial charge is 0.0704 e. The largest absolute Gasteiger partial charge is 0.374 e. The lowest BCUT2D eigenvalue weighted by Crippen LogP contribution is -2.28. The second kappa shape index (κ2) is 5.64. The predicted octanol–water partition coefficient (Wildman–Crippen LogP) is 2.45. The highest BCUT2D eigenvalue weighted by Gasteiger charge is 2.20. The van der Waals surface area contributed by atoms with E-state index in [0.29, 0.717) is 12.2 Å². The molecule has 1 aromatic heterocycles. The van der Waals surface area contributed by atoms with E-state index in [9.17, 15) is 0 Å². The molecule has 2 nitrogen and oxygen atoms in total. The van der Waals surface area contributed by atoms with Crippen molar-refractivity contribution in [2.75, 3.05) is 13.1 Å². The van der Waals surface area contributed by atoms with E-state index in [2.05, 4.69) is 29.8 Å². The first-order valence-corrected chi connectivity index (χ1v) is 6.61. The molecule has 1 N–H and O–H groups in total. The fourth-order valence-electron chi connectivity index (χ4n) is 1.96. The van der Waals surface area contributed by atoms with Gasteiger partial charge in [0.05, 0.1) is 12.2 Å². The predicted molar refractivity (Wildman–Crippen MR) is 64.5 cm³/mol. The summed E-state index contributed by atoms with van der Waals surface area (Å²) in [5, 5.41) is 5.60. The Morgan fingerprint density at radius 2 is 2.47 bits per heavy atom. The van der Waals surface area contributed by atoms with Gasteiger partial charge >= 0.3 is 0 Å². The van der Waals surface area contributed by atoms with Crippen molar-refractivity contribution in [1.82, 2.24) is 5.32 Å². The third-order valence-corrected chi connectivity index (χ3v) is 3.76. The summed E-state index contributed by atoms with van der Waals surface area (Å²) in [5.74, 6) is 0. The van der Waals surface area contributed by atoms with Gasteiger partial charge in [-0.05, 0) is 37.6 Å². The molecule has 2 unspecified atom stereocenters. The summed E-state index contributed by atoms with van der Waals surface area (Å²) in [7, 11) is 0. The van der Waals surface area contributed by atoms with Gasteiger partial charge in [0.15, 0.2) is 0 Å². The lowest BCUT2D eigenvalue weighted by Gasteiger charge is -2.11. The number of hydrogen-bond acceptors (Lipinski definition) is 3. The minimum atomic E-state index is 0.448. The van der Waals surface area contributed by atoms with Crippen LogP contribution in [0.1, 0.15) is 24.6 Å². The standard InChI is InChI=1S/C12H19NOS/c1-10-4-5-11(14-10)9-13-7-6-12-3-2-8-15-12/h2-3,8,10-11,13H,4-7,9H2,1H3. The molecule has 1 saturated heterocycles. The van der Waals surface area contributed by atoms with Crippen LogP contribution in [-0.4, -0.2) is 25.3 Å². The molecule has 15 heavy (non-hydrogen) atoms. The molecule has 1 fully saturated rings. The Morgan fingerprint density at radius 3 is 3.13 bits per heavy atom. The summed E-state index contributed by atoms with van der Waals surface area (Å²) in [6.45, 7) is 4.23. The third-order valence-electron chi connectivity index (χ3n) is 2.82. The zero-order valence-electron chi connectivity index (χ0n) is 9.24. The van der Waals surface area contributed by atoms with Gasteiger partial charge in [-0.1, -0.05) is 6.07 Å². The first-order valence-electron chi connectivity index (χ1n) is 5.73. The van der Waals surface area contributed by atoms with E-state index in [-0.39, 0.29) is 0 Å². The van der Waals surface area contributed by atoms with Crippen LogP contribution in [0.5, 0.6) is 0 Å². The number of hydrogen-bond donors (Lipinski definition) is 1. The van der Waals surface area contributed by atoms with Gasteiger partial charge in [-0.15, -0.1) is 11.3 Å². The molecule has 1 aliphatic rings. The molecule has 0 radical (unpaired) electrons. The molecular formula is C12H19NOS. The monoisotopic (exact) mass is 225 g/mol. The van der Waals surface area contributed by atoms with Crippen LogP contribution < -0.4 is 5.32 Å². The fraction of sp³-hybridized carbons (Fsp3) is 0.667. The van der Waals surface area contributed by atoms with Crippen molar-refractivity contribution < 1.29 is 4.74 Å². The molecule has 1 aliphatic heterocycles. The Hall–Kier alpha value is -0.380. The van der Waals surface area contributed by atoms with E-state index in [1.54, 1.807) is 0 Å². The van der Waals surface area contributed by atoms with Crippen molar-refractivity contribution in [3.63, 3.8) is 0 Å². The van der Waals surface area contributed by atoms with Crippen molar-refractivity contribution in [2.24, 2.45) is 0 Å². The first kappa shape index (κ1) is 11.1. The zero-order valence-corrected chi connectivity index (χ0v) is 10.1. The molecule has 0 saturated carbocycles. The molecular weight excluding hydrogens is 206 g/mol. The van der Waals surface area contributed by atoms with Crippen LogP contribution in [0, 0.1) is 0 Å². The van der Waals surface area contributed by atoms with Crippen molar-refractivity contribution in [1.29, 1.82) is 0 Å². The molecule has 1 aromatic rings. The van der Waals surface area contributed by atoms with Crippen LogP contribution in [0.25, 0.3) is 0 Å². The highest BCUT2D eigenvalue weighted by Crippen LogP contribution is 2.18. The average Bonchev–Trinajstić information content (AvgIpc) is 2.84. The average molecular weight is 225 g/mol. The van der Waals surface area contributed by atoms with Crippen LogP contribution in [0.15, 0.2) is 17.5 Å². The first-order chi connectivity index (χ1) is 7.34. The lowest BCUT2D eigenvalue weighted by atomic mass is 10.2. The van der Waals surface area contributed by atoms with Gasteiger partial charge in [-0.3, -0.25) is 0 Å². The number of rotatable bonds is 5. The topological polar surface area (TPSA) is 21.3 Å². The maximum atomic E-state index is 5.74. The van der Waals surface area contributed by atoms with Crippen LogP contribution in [-0.2, 0) is 11.2 Å². The van der Waals surface area contributed by atoms with E-state index in [4.69, 9.17) is 4.74 Å². The molecule has 0 aliphatic carbocycles. The van der Waals surface area contributed by atoms with Gasteiger partial charge < -0.3 is 10.1 Å². The third kappa shape index (κ3) is 3.59. The summed E-state index contributed by atoms with van der Waals surface area (Å²) in [4.78, 5) is 1.46. The molecule has 0 bridgehead atoms. The Balaban J connectivity index is 1.55. The molecule has 0 aromatic carbocycles. The van der Waals surface area contributed by atoms with Crippen LogP contribution >= 0.6 is 11.3 Å². The molecule has 0 amide bonds. The van der Waals surface area contributed by atoms with Gasteiger partial charge in [0.2, 0.25) is 0 Å². The van der Waals surface area contributed by atoms with Gasteiger partial charge in [-0.25, -0.2) is 0 Å². The van der Waals surface area contributed by atoms with Crippen LogP contribution in [0.3, 0.4) is 0 Å². The molecule has 2 rings (SSSR count). The van der Waals surface area contributed by atoms with Crippen molar-refractivity contribution in [3.8, 4) is 0 Å². The van der Waals surface area contributed by atoms with Crippen molar-refractivity contribution >= 4 is 11.3 Å².